The minimum atomic E-state index is -0.208. The zero-order chi connectivity index (χ0) is 21.1. The molecule has 4 rings (SSSR count). The Balaban J connectivity index is 1.37. The monoisotopic (exact) mass is 470 g/mol. The number of benzene rings is 1. The predicted molar refractivity (Wildman–Crippen MR) is 116 cm³/mol. The number of nitrogens with zero attached hydrogens (tertiary/aromatic N) is 2. The standard InChI is InChI=1S/C23H23BrN2O4/c1-25(14-20-8-9-21(30-20)16-4-6-19(24)7-5-16)22(27)17-3-2-11-26(13-17)23(28)18-10-12-29-15-18/h4-10,12,15,17H,2-3,11,13-14H2,1H3. The van der Waals surface area contributed by atoms with E-state index in [4.69, 9.17) is 8.83 Å². The molecule has 1 aliphatic heterocycles. The number of carbonyl (C=O) groups excluding carboxylic acids is 2. The molecule has 0 saturated carbocycles. The summed E-state index contributed by atoms with van der Waals surface area (Å²) in [5, 5.41) is 0. The molecule has 30 heavy (non-hydrogen) atoms. The summed E-state index contributed by atoms with van der Waals surface area (Å²) in [6.07, 6.45) is 4.52. The SMILES string of the molecule is CN(Cc1ccc(-c2ccc(Br)cc2)o1)C(=O)C1CCCN(C(=O)c2ccoc2)C1. The van der Waals surface area contributed by atoms with E-state index in [1.54, 1.807) is 22.9 Å². The molecule has 1 saturated heterocycles. The Kier molecular flexibility index (Phi) is 6.08. The lowest BCUT2D eigenvalue weighted by atomic mass is 9.96. The Hall–Kier alpha value is -2.80. The highest BCUT2D eigenvalue weighted by Gasteiger charge is 2.31. The lowest BCUT2D eigenvalue weighted by Crippen LogP contribution is -2.45. The number of carbonyl (C=O) groups is 2. The molecule has 1 atom stereocenters. The van der Waals surface area contributed by atoms with Crippen molar-refractivity contribution in [3.63, 3.8) is 0 Å². The average molecular weight is 471 g/mol. The van der Waals surface area contributed by atoms with Gasteiger partial charge in [-0.15, -0.1) is 0 Å². The van der Waals surface area contributed by atoms with E-state index in [2.05, 4.69) is 15.9 Å². The van der Waals surface area contributed by atoms with Crippen molar-refractivity contribution in [3.05, 3.63) is 70.8 Å². The van der Waals surface area contributed by atoms with Crippen molar-refractivity contribution in [1.82, 2.24) is 9.80 Å². The highest BCUT2D eigenvalue weighted by atomic mass is 79.9. The first kappa shape index (κ1) is 20.5. The number of furan rings is 2. The molecule has 0 N–H and O–H groups in total. The van der Waals surface area contributed by atoms with Crippen molar-refractivity contribution in [2.75, 3.05) is 20.1 Å². The van der Waals surface area contributed by atoms with Gasteiger partial charge in [0.15, 0.2) is 0 Å². The molecule has 0 aliphatic carbocycles. The van der Waals surface area contributed by atoms with Crippen LogP contribution in [0.15, 0.2) is 68.3 Å². The highest BCUT2D eigenvalue weighted by Crippen LogP contribution is 2.26. The minimum Gasteiger partial charge on any atom is -0.472 e. The second kappa shape index (κ2) is 8.92. The summed E-state index contributed by atoms with van der Waals surface area (Å²) in [6, 6.07) is 13.4. The predicted octanol–water partition coefficient (Wildman–Crippen LogP) is 4.81. The van der Waals surface area contributed by atoms with Crippen LogP contribution in [0.5, 0.6) is 0 Å². The topological polar surface area (TPSA) is 66.9 Å². The maximum atomic E-state index is 13.0. The first-order valence-electron chi connectivity index (χ1n) is 9.92. The third kappa shape index (κ3) is 4.51. The van der Waals surface area contributed by atoms with Crippen molar-refractivity contribution in [3.8, 4) is 11.3 Å². The molecule has 1 fully saturated rings. The number of piperidine rings is 1. The highest BCUT2D eigenvalue weighted by molar-refractivity contribution is 9.10. The van der Waals surface area contributed by atoms with Crippen molar-refractivity contribution >= 4 is 27.7 Å². The quantitative estimate of drug-likeness (QED) is 0.536. The summed E-state index contributed by atoms with van der Waals surface area (Å²) in [5.41, 5.74) is 1.51. The van der Waals surface area contributed by atoms with E-state index >= 15 is 0 Å². The third-order valence-electron chi connectivity index (χ3n) is 5.39. The van der Waals surface area contributed by atoms with Crippen LogP contribution < -0.4 is 0 Å². The Morgan fingerprint density at radius 1 is 1.17 bits per heavy atom. The molecular weight excluding hydrogens is 448 g/mol. The van der Waals surface area contributed by atoms with E-state index in [0.717, 1.165) is 34.4 Å². The fourth-order valence-corrected chi connectivity index (χ4v) is 4.05. The van der Waals surface area contributed by atoms with Crippen molar-refractivity contribution in [1.29, 1.82) is 0 Å². The van der Waals surface area contributed by atoms with Crippen LogP contribution in [0.2, 0.25) is 0 Å². The van der Waals surface area contributed by atoms with Crippen molar-refractivity contribution in [2.24, 2.45) is 5.92 Å². The maximum absolute atomic E-state index is 13.0. The molecule has 0 radical (unpaired) electrons. The van der Waals surface area contributed by atoms with Gasteiger partial charge in [-0.2, -0.15) is 0 Å². The van der Waals surface area contributed by atoms with Gasteiger partial charge in [-0.3, -0.25) is 9.59 Å². The number of likely N-dealkylation sites (tertiary alicyclic amines) is 1. The van der Waals surface area contributed by atoms with Crippen LogP contribution in [0.1, 0.15) is 29.0 Å². The van der Waals surface area contributed by atoms with Gasteiger partial charge < -0.3 is 18.6 Å². The fraction of sp³-hybridized carbons (Fsp3) is 0.304. The second-order valence-electron chi connectivity index (χ2n) is 7.57. The van der Waals surface area contributed by atoms with Crippen LogP contribution >= 0.6 is 15.9 Å². The Morgan fingerprint density at radius 2 is 1.97 bits per heavy atom. The van der Waals surface area contributed by atoms with Crippen LogP contribution in [0.3, 0.4) is 0 Å². The van der Waals surface area contributed by atoms with Gasteiger partial charge in [-0.1, -0.05) is 28.1 Å². The van der Waals surface area contributed by atoms with Gasteiger partial charge >= 0.3 is 0 Å². The normalized spacial score (nSPS) is 16.5. The number of amides is 2. The smallest absolute Gasteiger partial charge is 0.257 e. The average Bonchev–Trinajstić information content (AvgIpc) is 3.46. The van der Waals surface area contributed by atoms with Crippen LogP contribution in [-0.4, -0.2) is 41.8 Å². The van der Waals surface area contributed by atoms with Crippen molar-refractivity contribution in [2.45, 2.75) is 19.4 Å². The lowest BCUT2D eigenvalue weighted by Gasteiger charge is -2.33. The molecule has 1 unspecified atom stereocenters. The van der Waals surface area contributed by atoms with Gasteiger partial charge in [0.2, 0.25) is 5.91 Å². The zero-order valence-corrected chi connectivity index (χ0v) is 18.3. The molecular formula is C23H23BrN2O4. The van der Waals surface area contributed by atoms with E-state index < -0.39 is 0 Å². The number of hydrogen-bond donors (Lipinski definition) is 0. The summed E-state index contributed by atoms with van der Waals surface area (Å²) in [6.45, 7) is 1.48. The molecule has 3 aromatic rings. The maximum Gasteiger partial charge on any atom is 0.257 e. The van der Waals surface area contributed by atoms with Gasteiger partial charge in [0.25, 0.3) is 5.91 Å². The van der Waals surface area contributed by atoms with Gasteiger partial charge in [-0.25, -0.2) is 0 Å². The molecule has 2 aromatic heterocycles. The molecule has 0 bridgehead atoms. The molecule has 1 aliphatic rings. The summed E-state index contributed by atoms with van der Waals surface area (Å²) >= 11 is 3.43. The second-order valence-corrected chi connectivity index (χ2v) is 8.49. The van der Waals surface area contributed by atoms with Gasteiger partial charge in [-0.05, 0) is 43.2 Å². The van der Waals surface area contributed by atoms with Gasteiger partial charge in [0, 0.05) is 30.2 Å². The van der Waals surface area contributed by atoms with E-state index in [1.807, 2.05) is 36.4 Å². The molecule has 3 heterocycles. The first-order valence-corrected chi connectivity index (χ1v) is 10.7. The number of halogens is 1. The van der Waals surface area contributed by atoms with Crippen LogP contribution in [0.4, 0.5) is 0 Å². The van der Waals surface area contributed by atoms with Crippen LogP contribution in [0.25, 0.3) is 11.3 Å². The van der Waals surface area contributed by atoms with E-state index in [-0.39, 0.29) is 17.7 Å². The Bertz CT molecular complexity index is 1010. The lowest BCUT2D eigenvalue weighted by molar-refractivity contribution is -0.136. The molecule has 1 aromatic carbocycles. The van der Waals surface area contributed by atoms with Crippen LogP contribution in [0, 0.1) is 5.92 Å². The van der Waals surface area contributed by atoms with E-state index in [0.29, 0.717) is 25.2 Å². The minimum absolute atomic E-state index is 0.0290. The largest absolute Gasteiger partial charge is 0.472 e. The van der Waals surface area contributed by atoms with Gasteiger partial charge in [0.05, 0.1) is 24.3 Å². The molecule has 2 amide bonds. The van der Waals surface area contributed by atoms with E-state index in [9.17, 15) is 9.59 Å². The van der Waals surface area contributed by atoms with Gasteiger partial charge in [0.1, 0.15) is 17.8 Å². The summed E-state index contributed by atoms with van der Waals surface area (Å²) in [5.74, 6) is 1.23. The molecule has 6 nitrogen and oxygen atoms in total. The molecule has 7 heteroatoms. The van der Waals surface area contributed by atoms with E-state index in [1.165, 1.54) is 12.5 Å². The number of hydrogen-bond acceptors (Lipinski definition) is 4. The summed E-state index contributed by atoms with van der Waals surface area (Å²) in [7, 11) is 1.78. The Labute approximate surface area is 183 Å². The Morgan fingerprint density at radius 3 is 2.70 bits per heavy atom. The number of rotatable bonds is 5. The molecule has 156 valence electrons. The fourth-order valence-electron chi connectivity index (χ4n) is 3.79. The molecule has 0 spiro atoms. The third-order valence-corrected chi connectivity index (χ3v) is 5.91. The zero-order valence-electron chi connectivity index (χ0n) is 16.7. The first-order chi connectivity index (χ1) is 14.5. The summed E-state index contributed by atoms with van der Waals surface area (Å²) < 4.78 is 12.0. The summed E-state index contributed by atoms with van der Waals surface area (Å²) in [4.78, 5) is 29.0. The van der Waals surface area contributed by atoms with Crippen molar-refractivity contribution < 1.29 is 18.4 Å². The van der Waals surface area contributed by atoms with Crippen LogP contribution in [-0.2, 0) is 11.3 Å².